The van der Waals surface area contributed by atoms with Crippen LogP contribution in [0.15, 0.2) is 24.5 Å². The van der Waals surface area contributed by atoms with Crippen LogP contribution in [-0.2, 0) is 0 Å². The summed E-state index contributed by atoms with van der Waals surface area (Å²) >= 11 is 0. The van der Waals surface area contributed by atoms with Crippen molar-refractivity contribution in [3.63, 3.8) is 0 Å². The van der Waals surface area contributed by atoms with Crippen LogP contribution in [-0.4, -0.2) is 4.98 Å². The first-order valence-electron chi connectivity index (χ1n) is 3.59. The smallest absolute Gasteiger partial charge is 0.0900 e. The number of hydrazine groups is 1. The molecule has 5 N–H and O–H groups in total. The Hall–Kier alpha value is -1.55. The number of aromatic nitrogens is 1. The first-order chi connectivity index (χ1) is 5.77. The van der Waals surface area contributed by atoms with Gasteiger partial charge in [-0.25, -0.2) is 0 Å². The van der Waals surface area contributed by atoms with Crippen LogP contribution in [0.1, 0.15) is 11.3 Å². The van der Waals surface area contributed by atoms with Crippen LogP contribution in [0.25, 0.3) is 5.70 Å². The van der Waals surface area contributed by atoms with Gasteiger partial charge in [0.2, 0.25) is 0 Å². The van der Waals surface area contributed by atoms with Crippen LogP contribution < -0.4 is 17.0 Å². The molecule has 0 aliphatic heterocycles. The lowest BCUT2D eigenvalue weighted by Crippen LogP contribution is -2.21. The highest BCUT2D eigenvalue weighted by molar-refractivity contribution is 5.59. The summed E-state index contributed by atoms with van der Waals surface area (Å²) in [6.07, 6.45) is 3.15. The van der Waals surface area contributed by atoms with Gasteiger partial charge in [-0.1, -0.05) is 6.07 Å². The van der Waals surface area contributed by atoms with Crippen LogP contribution in [0.3, 0.4) is 0 Å². The van der Waals surface area contributed by atoms with Gasteiger partial charge in [0.25, 0.3) is 0 Å². The Morgan fingerprint density at radius 1 is 1.58 bits per heavy atom. The van der Waals surface area contributed by atoms with Gasteiger partial charge in [-0.2, -0.15) is 0 Å². The van der Waals surface area contributed by atoms with E-state index in [2.05, 4.69) is 10.4 Å². The molecule has 4 heteroatoms. The molecule has 1 aromatic heterocycles. The van der Waals surface area contributed by atoms with E-state index in [0.29, 0.717) is 5.70 Å². The van der Waals surface area contributed by atoms with Crippen molar-refractivity contribution in [3.05, 3.63) is 35.8 Å². The third-order valence-corrected chi connectivity index (χ3v) is 1.51. The molecule has 0 aliphatic rings. The molecule has 0 spiro atoms. The molecule has 1 aromatic rings. The molecule has 4 nitrogen and oxygen atoms in total. The van der Waals surface area contributed by atoms with E-state index in [1.165, 1.54) is 6.20 Å². The molecule has 0 saturated heterocycles. The first kappa shape index (κ1) is 8.55. The number of rotatable bonds is 2. The summed E-state index contributed by atoms with van der Waals surface area (Å²) in [6.45, 7) is 1.97. The van der Waals surface area contributed by atoms with Gasteiger partial charge >= 0.3 is 0 Å². The van der Waals surface area contributed by atoms with Crippen molar-refractivity contribution < 1.29 is 0 Å². The number of hydrogen-bond donors (Lipinski definition) is 3. The number of nitrogens with two attached hydrogens (primary N) is 2. The molecule has 0 atom stereocenters. The second kappa shape index (κ2) is 3.73. The second-order valence-electron chi connectivity index (χ2n) is 2.45. The summed E-state index contributed by atoms with van der Waals surface area (Å²) in [6, 6.07) is 3.80. The van der Waals surface area contributed by atoms with E-state index in [1.54, 1.807) is 6.20 Å². The van der Waals surface area contributed by atoms with Crippen molar-refractivity contribution in [2.75, 3.05) is 0 Å². The third kappa shape index (κ3) is 1.73. The SMILES string of the molecule is Cc1ccc(/C(=C/N)NN)nc1. The zero-order valence-electron chi connectivity index (χ0n) is 6.91. The predicted octanol–water partition coefficient (Wildman–Crippen LogP) is 0.110. The summed E-state index contributed by atoms with van der Waals surface area (Å²) in [5.41, 5.74) is 10.2. The van der Waals surface area contributed by atoms with Gasteiger partial charge < -0.3 is 11.2 Å². The first-order valence-corrected chi connectivity index (χ1v) is 3.59. The lowest BCUT2D eigenvalue weighted by Gasteiger charge is -2.03. The summed E-state index contributed by atoms with van der Waals surface area (Å²) < 4.78 is 0. The Morgan fingerprint density at radius 2 is 2.33 bits per heavy atom. The zero-order chi connectivity index (χ0) is 8.97. The fourth-order valence-corrected chi connectivity index (χ4v) is 0.835. The summed E-state index contributed by atoms with van der Waals surface area (Å²) in [4.78, 5) is 4.13. The van der Waals surface area contributed by atoms with Crippen LogP contribution in [0.5, 0.6) is 0 Å². The van der Waals surface area contributed by atoms with Crippen molar-refractivity contribution in [3.8, 4) is 0 Å². The summed E-state index contributed by atoms with van der Waals surface area (Å²) in [7, 11) is 0. The normalized spacial score (nSPS) is 11.3. The van der Waals surface area contributed by atoms with E-state index in [1.807, 2.05) is 19.1 Å². The minimum absolute atomic E-state index is 0.620. The second-order valence-corrected chi connectivity index (χ2v) is 2.45. The van der Waals surface area contributed by atoms with Crippen molar-refractivity contribution in [1.82, 2.24) is 10.4 Å². The van der Waals surface area contributed by atoms with Gasteiger partial charge in [0, 0.05) is 12.4 Å². The van der Waals surface area contributed by atoms with E-state index in [9.17, 15) is 0 Å². The third-order valence-electron chi connectivity index (χ3n) is 1.51. The highest BCUT2D eigenvalue weighted by atomic mass is 15.2. The Bertz CT molecular complexity index is 276. The van der Waals surface area contributed by atoms with E-state index >= 15 is 0 Å². The van der Waals surface area contributed by atoms with Crippen molar-refractivity contribution in [2.45, 2.75) is 6.92 Å². The van der Waals surface area contributed by atoms with E-state index in [4.69, 9.17) is 11.6 Å². The van der Waals surface area contributed by atoms with Crippen molar-refractivity contribution in [2.24, 2.45) is 11.6 Å². The van der Waals surface area contributed by atoms with Crippen LogP contribution in [0.4, 0.5) is 0 Å². The molecule has 0 radical (unpaired) electrons. The number of nitrogens with one attached hydrogen (secondary N) is 1. The molecule has 0 aliphatic carbocycles. The minimum atomic E-state index is 0.620. The van der Waals surface area contributed by atoms with Gasteiger partial charge in [0.1, 0.15) is 0 Å². The number of nitrogens with zero attached hydrogens (tertiary/aromatic N) is 1. The molecular formula is C8H12N4. The maximum Gasteiger partial charge on any atom is 0.0900 e. The lowest BCUT2D eigenvalue weighted by atomic mass is 10.2. The van der Waals surface area contributed by atoms with E-state index < -0.39 is 0 Å². The Labute approximate surface area is 71.3 Å². The molecule has 1 rings (SSSR count). The molecule has 64 valence electrons. The van der Waals surface area contributed by atoms with Crippen LogP contribution in [0.2, 0.25) is 0 Å². The van der Waals surface area contributed by atoms with E-state index in [0.717, 1.165) is 11.3 Å². The fourth-order valence-electron chi connectivity index (χ4n) is 0.835. The van der Waals surface area contributed by atoms with E-state index in [-0.39, 0.29) is 0 Å². The largest absolute Gasteiger partial charge is 0.403 e. The minimum Gasteiger partial charge on any atom is -0.403 e. The molecule has 1 heterocycles. The average Bonchev–Trinajstić information content (AvgIpc) is 2.10. The van der Waals surface area contributed by atoms with Crippen LogP contribution >= 0.6 is 0 Å². The highest BCUT2D eigenvalue weighted by Gasteiger charge is 1.98. The zero-order valence-corrected chi connectivity index (χ0v) is 6.91. The summed E-state index contributed by atoms with van der Waals surface area (Å²) in [5.74, 6) is 5.22. The quantitative estimate of drug-likeness (QED) is 0.428. The van der Waals surface area contributed by atoms with Gasteiger partial charge in [-0.3, -0.25) is 10.8 Å². The standard InChI is InChI=1S/C8H12N4/c1-6-2-3-7(11-5-6)8(4-9)12-10/h2-5,12H,9-10H2,1H3/b8-4-. The lowest BCUT2D eigenvalue weighted by molar-refractivity contribution is 0.972. The molecule has 0 fully saturated rings. The fraction of sp³-hybridized carbons (Fsp3) is 0.125. The highest BCUT2D eigenvalue weighted by Crippen LogP contribution is 2.05. The molecule has 0 amide bonds. The van der Waals surface area contributed by atoms with Crippen molar-refractivity contribution in [1.29, 1.82) is 0 Å². The van der Waals surface area contributed by atoms with Crippen molar-refractivity contribution >= 4 is 5.70 Å². The molecule has 0 aromatic carbocycles. The monoisotopic (exact) mass is 164 g/mol. The molecule has 0 unspecified atom stereocenters. The maximum absolute atomic E-state index is 5.31. The molecule has 0 saturated carbocycles. The summed E-state index contributed by atoms with van der Waals surface area (Å²) in [5, 5.41) is 0. The number of hydrogen-bond acceptors (Lipinski definition) is 4. The average molecular weight is 164 g/mol. The molecular weight excluding hydrogens is 152 g/mol. The van der Waals surface area contributed by atoms with Crippen LogP contribution in [0, 0.1) is 6.92 Å². The number of aryl methyl sites for hydroxylation is 1. The molecule has 0 bridgehead atoms. The topological polar surface area (TPSA) is 77.0 Å². The Balaban J connectivity index is 2.96. The van der Waals surface area contributed by atoms with Gasteiger partial charge in [-0.15, -0.1) is 0 Å². The maximum atomic E-state index is 5.31. The Kier molecular flexibility index (Phi) is 2.66. The number of pyridine rings is 1. The van der Waals surface area contributed by atoms with Gasteiger partial charge in [0.15, 0.2) is 0 Å². The van der Waals surface area contributed by atoms with Gasteiger partial charge in [0.05, 0.1) is 11.4 Å². The molecule has 12 heavy (non-hydrogen) atoms. The predicted molar refractivity (Wildman–Crippen MR) is 48.5 cm³/mol. The van der Waals surface area contributed by atoms with Gasteiger partial charge in [-0.05, 0) is 18.6 Å². The Morgan fingerprint density at radius 3 is 2.75 bits per heavy atom.